The molecule has 126 valence electrons. The average molecular weight is 363 g/mol. The number of non-ortho nitro benzene ring substituents is 1. The van der Waals surface area contributed by atoms with Gasteiger partial charge in [-0.2, -0.15) is 5.11 Å². The Morgan fingerprint density at radius 1 is 1.24 bits per heavy atom. The van der Waals surface area contributed by atoms with Crippen molar-refractivity contribution in [2.75, 3.05) is 0 Å². The minimum atomic E-state index is -0.865. The number of rotatable bonds is 3. The van der Waals surface area contributed by atoms with Crippen LogP contribution in [-0.2, 0) is 0 Å². The topological polar surface area (TPSA) is 121 Å². The number of para-hydroxylation sites is 1. The summed E-state index contributed by atoms with van der Waals surface area (Å²) in [6.07, 6.45) is 0. The van der Waals surface area contributed by atoms with Crippen molar-refractivity contribution >= 4 is 39.6 Å². The predicted molar refractivity (Wildman–Crippen MR) is 88.5 cm³/mol. The molecule has 2 aromatic carbocycles. The molecule has 1 aromatic heterocycles. The van der Waals surface area contributed by atoms with Crippen molar-refractivity contribution in [3.8, 4) is 5.75 Å². The summed E-state index contributed by atoms with van der Waals surface area (Å²) in [5.74, 6) is -1.20. The Morgan fingerprint density at radius 2 is 2.00 bits per heavy atom. The number of nitro benzene ring substituents is 1. The van der Waals surface area contributed by atoms with Gasteiger partial charge in [-0.15, -0.1) is 5.11 Å². The molecule has 3 aromatic rings. The van der Waals surface area contributed by atoms with E-state index in [0.717, 1.165) is 6.07 Å². The standard InChI is InChI=1S/C15H8ClFN4O4/c16-9-6-7(4-5-10(9)17)19-20-13-14(22)8-2-1-3-11(21(24)25)12(8)18-15(13)23/h1-6H,(H2,18,22,23). The van der Waals surface area contributed by atoms with Crippen molar-refractivity contribution in [1.82, 2.24) is 4.98 Å². The fourth-order valence-electron chi connectivity index (χ4n) is 2.18. The molecule has 0 saturated carbocycles. The van der Waals surface area contributed by atoms with E-state index in [-0.39, 0.29) is 27.3 Å². The van der Waals surface area contributed by atoms with E-state index in [1.54, 1.807) is 0 Å². The zero-order valence-electron chi connectivity index (χ0n) is 12.2. The quantitative estimate of drug-likeness (QED) is 0.408. The number of benzene rings is 2. The van der Waals surface area contributed by atoms with Gasteiger partial charge in [-0.05, 0) is 24.3 Å². The van der Waals surface area contributed by atoms with Gasteiger partial charge in [-0.25, -0.2) is 4.39 Å². The number of aromatic amines is 1. The van der Waals surface area contributed by atoms with Crippen molar-refractivity contribution in [3.63, 3.8) is 0 Å². The van der Waals surface area contributed by atoms with Crippen LogP contribution in [0.2, 0.25) is 5.02 Å². The van der Waals surface area contributed by atoms with Crippen molar-refractivity contribution in [2.45, 2.75) is 0 Å². The zero-order valence-corrected chi connectivity index (χ0v) is 13.0. The lowest BCUT2D eigenvalue weighted by atomic mass is 10.1. The maximum Gasteiger partial charge on any atom is 0.293 e. The van der Waals surface area contributed by atoms with Gasteiger partial charge in [-0.3, -0.25) is 14.9 Å². The highest BCUT2D eigenvalue weighted by atomic mass is 35.5. The monoisotopic (exact) mass is 362 g/mol. The molecule has 2 N–H and O–H groups in total. The first-order valence-electron chi connectivity index (χ1n) is 6.77. The van der Waals surface area contributed by atoms with E-state index < -0.39 is 27.7 Å². The molecule has 8 nitrogen and oxygen atoms in total. The van der Waals surface area contributed by atoms with Crippen LogP contribution < -0.4 is 5.56 Å². The summed E-state index contributed by atoms with van der Waals surface area (Å²) < 4.78 is 13.1. The molecule has 0 atom stereocenters. The molecule has 0 bridgehead atoms. The highest BCUT2D eigenvalue weighted by molar-refractivity contribution is 6.31. The Labute approximate surface area is 143 Å². The number of H-pyrrole nitrogens is 1. The Kier molecular flexibility index (Phi) is 4.15. The summed E-state index contributed by atoms with van der Waals surface area (Å²) in [6, 6.07) is 7.49. The van der Waals surface area contributed by atoms with Crippen LogP contribution in [0.15, 0.2) is 51.4 Å². The minimum absolute atomic E-state index is 0.0416. The number of hydrogen-bond acceptors (Lipinski definition) is 6. The lowest BCUT2D eigenvalue weighted by Crippen LogP contribution is -2.06. The molecule has 1 heterocycles. The van der Waals surface area contributed by atoms with Crippen LogP contribution in [0.3, 0.4) is 0 Å². The molecule has 0 spiro atoms. The molecule has 3 rings (SSSR count). The van der Waals surface area contributed by atoms with Crippen LogP contribution in [0.25, 0.3) is 10.9 Å². The molecule has 0 saturated heterocycles. The minimum Gasteiger partial charge on any atom is -0.505 e. The first-order valence-corrected chi connectivity index (χ1v) is 7.15. The van der Waals surface area contributed by atoms with Gasteiger partial charge in [0, 0.05) is 11.5 Å². The van der Waals surface area contributed by atoms with Gasteiger partial charge in [-0.1, -0.05) is 17.7 Å². The second-order valence-electron chi connectivity index (χ2n) is 4.91. The molecular weight excluding hydrogens is 355 g/mol. The van der Waals surface area contributed by atoms with Crippen LogP contribution in [0, 0.1) is 15.9 Å². The van der Waals surface area contributed by atoms with Gasteiger partial charge in [0.2, 0.25) is 0 Å². The number of halogens is 2. The third-order valence-electron chi connectivity index (χ3n) is 3.34. The van der Waals surface area contributed by atoms with Gasteiger partial charge in [0.15, 0.2) is 11.4 Å². The molecule has 10 heteroatoms. The first-order chi connectivity index (χ1) is 11.9. The number of nitrogens with zero attached hydrogens (tertiary/aromatic N) is 3. The fraction of sp³-hybridized carbons (Fsp3) is 0. The van der Waals surface area contributed by atoms with Crippen LogP contribution in [0.5, 0.6) is 5.75 Å². The summed E-state index contributed by atoms with van der Waals surface area (Å²) in [4.78, 5) is 24.7. The van der Waals surface area contributed by atoms with E-state index in [1.807, 2.05) is 0 Å². The molecular formula is C15H8ClFN4O4. The van der Waals surface area contributed by atoms with Gasteiger partial charge >= 0.3 is 0 Å². The van der Waals surface area contributed by atoms with Crippen molar-refractivity contribution < 1.29 is 14.4 Å². The molecule has 0 aliphatic rings. The number of nitrogens with one attached hydrogen (secondary N) is 1. The van der Waals surface area contributed by atoms with Crippen LogP contribution in [-0.4, -0.2) is 15.0 Å². The summed E-state index contributed by atoms with van der Waals surface area (Å²) in [7, 11) is 0. The van der Waals surface area contributed by atoms with Crippen LogP contribution >= 0.6 is 11.6 Å². The number of pyridine rings is 1. The summed E-state index contributed by atoms with van der Waals surface area (Å²) in [5, 5.41) is 28.5. The smallest absolute Gasteiger partial charge is 0.293 e. The van der Waals surface area contributed by atoms with E-state index in [0.29, 0.717) is 0 Å². The average Bonchev–Trinajstić information content (AvgIpc) is 2.57. The largest absolute Gasteiger partial charge is 0.505 e. The number of aromatic nitrogens is 1. The highest BCUT2D eigenvalue weighted by Crippen LogP contribution is 2.35. The lowest BCUT2D eigenvalue weighted by Gasteiger charge is -2.04. The van der Waals surface area contributed by atoms with Crippen molar-refractivity contribution in [1.29, 1.82) is 0 Å². The fourth-order valence-corrected chi connectivity index (χ4v) is 2.35. The number of aromatic hydroxyl groups is 1. The summed E-state index contributed by atoms with van der Waals surface area (Å²) in [6.45, 7) is 0. The Morgan fingerprint density at radius 3 is 2.68 bits per heavy atom. The second-order valence-corrected chi connectivity index (χ2v) is 5.31. The van der Waals surface area contributed by atoms with Gasteiger partial charge < -0.3 is 10.1 Å². The van der Waals surface area contributed by atoms with Gasteiger partial charge in [0.25, 0.3) is 11.2 Å². The molecule has 0 aliphatic heterocycles. The Bertz CT molecular complexity index is 1100. The molecule has 25 heavy (non-hydrogen) atoms. The van der Waals surface area contributed by atoms with E-state index in [4.69, 9.17) is 11.6 Å². The third-order valence-corrected chi connectivity index (χ3v) is 3.63. The number of azo groups is 1. The first kappa shape index (κ1) is 16.5. The van der Waals surface area contributed by atoms with Crippen molar-refractivity contribution in [3.05, 3.63) is 67.7 Å². The maximum atomic E-state index is 13.1. The maximum absolute atomic E-state index is 13.1. The summed E-state index contributed by atoms with van der Waals surface area (Å²) in [5.41, 5.74) is -1.63. The molecule has 0 fully saturated rings. The molecule has 0 radical (unpaired) electrons. The third kappa shape index (κ3) is 3.04. The zero-order chi connectivity index (χ0) is 18.1. The lowest BCUT2D eigenvalue weighted by molar-refractivity contribution is -0.383. The second kappa shape index (κ2) is 6.29. The highest BCUT2D eigenvalue weighted by Gasteiger charge is 2.18. The van der Waals surface area contributed by atoms with Crippen LogP contribution in [0.1, 0.15) is 0 Å². The van der Waals surface area contributed by atoms with Crippen molar-refractivity contribution in [2.24, 2.45) is 10.2 Å². The van der Waals surface area contributed by atoms with E-state index in [1.165, 1.54) is 30.3 Å². The predicted octanol–water partition coefficient (Wildman–Crippen LogP) is 4.35. The van der Waals surface area contributed by atoms with Gasteiger partial charge in [0.1, 0.15) is 11.3 Å². The molecule has 0 aliphatic carbocycles. The van der Waals surface area contributed by atoms with Crippen LogP contribution in [0.4, 0.5) is 21.5 Å². The normalized spacial score (nSPS) is 11.3. The number of fused-ring (bicyclic) bond motifs is 1. The van der Waals surface area contributed by atoms with Gasteiger partial charge in [0.05, 0.1) is 15.6 Å². The van der Waals surface area contributed by atoms with E-state index >= 15 is 0 Å². The van der Waals surface area contributed by atoms with E-state index in [2.05, 4.69) is 15.2 Å². The SMILES string of the molecule is O=c1[nH]c2c([N+](=O)[O-])cccc2c(O)c1N=Nc1ccc(F)c(Cl)c1. The Balaban J connectivity index is 2.14. The summed E-state index contributed by atoms with van der Waals surface area (Å²) >= 11 is 5.63. The molecule has 0 unspecified atom stereocenters. The molecule has 0 amide bonds. The number of nitro groups is 1. The number of hydrogen-bond donors (Lipinski definition) is 2. The Hall–Kier alpha value is -3.33. The van der Waals surface area contributed by atoms with E-state index in [9.17, 15) is 24.4 Å².